The average Bonchev–Trinajstić information content (AvgIpc) is 3.14. The zero-order valence-electron chi connectivity index (χ0n) is 15.4. The van der Waals surface area contributed by atoms with Crippen LogP contribution in [-0.2, 0) is 13.0 Å². The van der Waals surface area contributed by atoms with Gasteiger partial charge in [-0.25, -0.2) is 4.98 Å². The Kier molecular flexibility index (Phi) is 5.42. The van der Waals surface area contributed by atoms with Crippen LogP contribution in [0.15, 0.2) is 42.6 Å². The van der Waals surface area contributed by atoms with Gasteiger partial charge in [0.1, 0.15) is 11.3 Å². The predicted octanol–water partition coefficient (Wildman–Crippen LogP) is 3.55. The van der Waals surface area contributed by atoms with E-state index in [0.717, 1.165) is 10.6 Å². The molecule has 2 amide bonds. The van der Waals surface area contributed by atoms with Crippen molar-refractivity contribution in [1.29, 1.82) is 0 Å². The van der Waals surface area contributed by atoms with Crippen molar-refractivity contribution in [1.82, 2.24) is 14.9 Å². The molecule has 9 nitrogen and oxygen atoms in total. The molecule has 152 valence electrons. The second-order valence-electron chi connectivity index (χ2n) is 6.45. The Morgan fingerprint density at radius 1 is 1.27 bits per heavy atom. The number of nitrogens with zero attached hydrogens (tertiary/aromatic N) is 4. The fraction of sp³-hybridized carbons (Fsp3) is 0.158. The van der Waals surface area contributed by atoms with E-state index in [2.05, 4.69) is 15.3 Å². The first-order valence-electron chi connectivity index (χ1n) is 8.86. The molecule has 0 spiro atoms. The molecular formula is C19H14ClN5O4S. The van der Waals surface area contributed by atoms with Crippen LogP contribution in [0.1, 0.15) is 31.4 Å². The largest absolute Gasteiger partial charge is 0.333 e. The fourth-order valence-electron chi connectivity index (χ4n) is 3.09. The Labute approximate surface area is 179 Å². The standard InChI is InChI=1S/C19H14ClN5O4S/c20-11-4-5-15(25(28)29)12(9-11)18(27)24-8-6-13-16(10-24)30-19(22-13)23-17(26)14-3-1-2-7-21-14/h1-5,7,9H,6,8,10H2,(H,22,23,26). The highest BCUT2D eigenvalue weighted by Crippen LogP contribution is 2.31. The molecule has 1 aromatic carbocycles. The van der Waals surface area contributed by atoms with Crippen LogP contribution >= 0.6 is 22.9 Å². The van der Waals surface area contributed by atoms with Crippen molar-refractivity contribution >= 4 is 45.6 Å². The SMILES string of the molecule is O=C(Nc1nc2c(s1)CN(C(=O)c1cc(Cl)ccc1[N+](=O)[O-])CC2)c1ccccn1. The van der Waals surface area contributed by atoms with E-state index in [-0.39, 0.29) is 34.4 Å². The predicted molar refractivity (Wildman–Crippen MR) is 111 cm³/mol. The van der Waals surface area contributed by atoms with Crippen LogP contribution in [0.25, 0.3) is 0 Å². The van der Waals surface area contributed by atoms with Gasteiger partial charge in [0, 0.05) is 35.1 Å². The Bertz CT molecular complexity index is 1150. The molecule has 0 fully saturated rings. The van der Waals surface area contributed by atoms with E-state index in [9.17, 15) is 19.7 Å². The van der Waals surface area contributed by atoms with Gasteiger partial charge in [0.15, 0.2) is 5.13 Å². The van der Waals surface area contributed by atoms with Crippen molar-refractivity contribution in [2.45, 2.75) is 13.0 Å². The third-order valence-corrected chi connectivity index (χ3v) is 5.76. The van der Waals surface area contributed by atoms with E-state index < -0.39 is 10.8 Å². The van der Waals surface area contributed by atoms with Gasteiger partial charge in [-0.1, -0.05) is 29.0 Å². The van der Waals surface area contributed by atoms with Gasteiger partial charge in [0.2, 0.25) is 0 Å². The molecule has 0 aliphatic carbocycles. The zero-order chi connectivity index (χ0) is 21.3. The molecule has 4 rings (SSSR count). The molecule has 1 aliphatic rings. The summed E-state index contributed by atoms with van der Waals surface area (Å²) >= 11 is 7.20. The molecule has 0 atom stereocenters. The maximum absolute atomic E-state index is 12.9. The van der Waals surface area contributed by atoms with Crippen LogP contribution in [-0.4, -0.2) is 38.2 Å². The van der Waals surface area contributed by atoms with E-state index in [1.165, 1.54) is 40.6 Å². The molecule has 0 saturated heterocycles. The molecule has 11 heteroatoms. The number of nitro benzene ring substituents is 1. The second kappa shape index (κ2) is 8.17. The van der Waals surface area contributed by atoms with Gasteiger partial charge < -0.3 is 4.90 Å². The van der Waals surface area contributed by atoms with Gasteiger partial charge in [-0.3, -0.25) is 30.0 Å². The summed E-state index contributed by atoms with van der Waals surface area (Å²) in [4.78, 5) is 46.6. The smallest absolute Gasteiger partial charge is 0.282 e. The van der Waals surface area contributed by atoms with Crippen LogP contribution in [0.5, 0.6) is 0 Å². The Morgan fingerprint density at radius 2 is 2.10 bits per heavy atom. The first-order chi connectivity index (χ1) is 14.4. The van der Waals surface area contributed by atoms with Crippen molar-refractivity contribution in [2.24, 2.45) is 0 Å². The lowest BCUT2D eigenvalue weighted by molar-refractivity contribution is -0.385. The maximum Gasteiger partial charge on any atom is 0.282 e. The quantitative estimate of drug-likeness (QED) is 0.486. The number of halogens is 1. The number of carbonyl (C=O) groups excluding carboxylic acids is 2. The van der Waals surface area contributed by atoms with E-state index in [1.807, 2.05) is 0 Å². The third-order valence-electron chi connectivity index (χ3n) is 4.52. The molecule has 0 unspecified atom stereocenters. The molecule has 3 aromatic rings. The van der Waals surface area contributed by atoms with Gasteiger partial charge in [0.05, 0.1) is 17.2 Å². The van der Waals surface area contributed by atoms with Crippen LogP contribution in [0.2, 0.25) is 5.02 Å². The Morgan fingerprint density at radius 3 is 2.83 bits per heavy atom. The first-order valence-corrected chi connectivity index (χ1v) is 10.1. The van der Waals surface area contributed by atoms with Crippen LogP contribution in [0.3, 0.4) is 0 Å². The van der Waals surface area contributed by atoms with Crippen LogP contribution < -0.4 is 5.32 Å². The molecule has 0 bridgehead atoms. The summed E-state index contributed by atoms with van der Waals surface area (Å²) in [7, 11) is 0. The average molecular weight is 444 g/mol. The van der Waals surface area contributed by atoms with Gasteiger partial charge in [-0.15, -0.1) is 0 Å². The normalized spacial score (nSPS) is 12.9. The number of thiazole rings is 1. The maximum atomic E-state index is 12.9. The lowest BCUT2D eigenvalue weighted by atomic mass is 10.1. The molecule has 0 radical (unpaired) electrons. The lowest BCUT2D eigenvalue weighted by Gasteiger charge is -2.26. The number of nitro groups is 1. The highest BCUT2D eigenvalue weighted by Gasteiger charge is 2.29. The van der Waals surface area contributed by atoms with Crippen molar-refractivity contribution in [3.8, 4) is 0 Å². The number of anilines is 1. The monoisotopic (exact) mass is 443 g/mol. The Hall–Kier alpha value is -3.37. The number of amides is 2. The van der Waals surface area contributed by atoms with Crippen molar-refractivity contribution in [3.63, 3.8) is 0 Å². The molecule has 30 heavy (non-hydrogen) atoms. The number of benzene rings is 1. The molecule has 0 saturated carbocycles. The minimum absolute atomic E-state index is 0.0517. The minimum Gasteiger partial charge on any atom is -0.333 e. The summed E-state index contributed by atoms with van der Waals surface area (Å²) in [6.07, 6.45) is 2.01. The topological polar surface area (TPSA) is 118 Å². The molecule has 1 aliphatic heterocycles. The molecule has 1 N–H and O–H groups in total. The molecule has 2 aromatic heterocycles. The van der Waals surface area contributed by atoms with Crippen molar-refractivity contribution in [2.75, 3.05) is 11.9 Å². The van der Waals surface area contributed by atoms with Crippen molar-refractivity contribution < 1.29 is 14.5 Å². The number of aromatic nitrogens is 2. The Balaban J connectivity index is 1.52. The first kappa shape index (κ1) is 19.9. The summed E-state index contributed by atoms with van der Waals surface area (Å²) < 4.78 is 0. The summed E-state index contributed by atoms with van der Waals surface area (Å²) in [6, 6.07) is 8.94. The number of hydrogen-bond acceptors (Lipinski definition) is 7. The molecular weight excluding hydrogens is 430 g/mol. The number of nitrogens with one attached hydrogen (secondary N) is 1. The van der Waals surface area contributed by atoms with E-state index in [0.29, 0.717) is 18.1 Å². The van der Waals surface area contributed by atoms with E-state index >= 15 is 0 Å². The summed E-state index contributed by atoms with van der Waals surface area (Å²) in [5.74, 6) is -0.841. The zero-order valence-corrected chi connectivity index (χ0v) is 16.9. The van der Waals surface area contributed by atoms with Gasteiger partial charge >= 0.3 is 0 Å². The number of carbonyl (C=O) groups is 2. The third kappa shape index (κ3) is 4.00. The summed E-state index contributed by atoms with van der Waals surface area (Å²) in [5.41, 5.74) is 0.726. The van der Waals surface area contributed by atoms with Crippen molar-refractivity contribution in [3.05, 3.63) is 79.6 Å². The van der Waals surface area contributed by atoms with Crippen LogP contribution in [0.4, 0.5) is 10.8 Å². The number of rotatable bonds is 4. The summed E-state index contributed by atoms with van der Waals surface area (Å²) in [5, 5.41) is 14.7. The highest BCUT2D eigenvalue weighted by atomic mass is 35.5. The highest BCUT2D eigenvalue weighted by molar-refractivity contribution is 7.15. The van der Waals surface area contributed by atoms with Crippen LogP contribution in [0, 0.1) is 10.1 Å². The summed E-state index contributed by atoms with van der Waals surface area (Å²) in [6.45, 7) is 0.599. The lowest BCUT2D eigenvalue weighted by Crippen LogP contribution is -2.35. The number of pyridine rings is 1. The number of hydrogen-bond donors (Lipinski definition) is 1. The number of fused-ring (bicyclic) bond motifs is 1. The minimum atomic E-state index is -0.600. The van der Waals surface area contributed by atoms with Gasteiger partial charge in [-0.05, 0) is 24.3 Å². The van der Waals surface area contributed by atoms with E-state index in [4.69, 9.17) is 11.6 Å². The van der Waals surface area contributed by atoms with Gasteiger partial charge in [0.25, 0.3) is 17.5 Å². The second-order valence-corrected chi connectivity index (χ2v) is 7.97. The fourth-order valence-corrected chi connectivity index (χ4v) is 4.28. The molecule has 3 heterocycles. The van der Waals surface area contributed by atoms with E-state index in [1.54, 1.807) is 18.2 Å². The van der Waals surface area contributed by atoms with Gasteiger partial charge in [-0.2, -0.15) is 0 Å².